The van der Waals surface area contributed by atoms with Gasteiger partial charge >= 0.3 is 0 Å². The van der Waals surface area contributed by atoms with Crippen molar-refractivity contribution in [2.24, 2.45) is 5.73 Å². The van der Waals surface area contributed by atoms with Crippen LogP contribution >= 0.6 is 0 Å². The summed E-state index contributed by atoms with van der Waals surface area (Å²) in [7, 11) is 3.53. The number of aromatic nitrogens is 1. The Hall–Kier alpha value is -1.46. The minimum atomic E-state index is 0.0573. The standard InChI is InChI=1S/C13H22N4O/c1-4-17(10-13(18)16(2)3)12(9-14)11-5-7-15-8-6-11/h5-8,12H,4,9-10,14H2,1-3H3. The third-order valence-corrected chi connectivity index (χ3v) is 3.00. The van der Waals surface area contributed by atoms with Crippen molar-refractivity contribution < 1.29 is 4.79 Å². The van der Waals surface area contributed by atoms with E-state index in [1.807, 2.05) is 19.1 Å². The van der Waals surface area contributed by atoms with Crippen molar-refractivity contribution in [2.45, 2.75) is 13.0 Å². The second-order valence-corrected chi connectivity index (χ2v) is 4.38. The largest absolute Gasteiger partial charge is 0.348 e. The monoisotopic (exact) mass is 250 g/mol. The highest BCUT2D eigenvalue weighted by atomic mass is 16.2. The van der Waals surface area contributed by atoms with Crippen molar-refractivity contribution in [1.82, 2.24) is 14.8 Å². The molecule has 0 saturated heterocycles. The fourth-order valence-electron chi connectivity index (χ4n) is 1.84. The van der Waals surface area contributed by atoms with Crippen molar-refractivity contribution in [3.8, 4) is 0 Å². The molecule has 1 rings (SSSR count). The smallest absolute Gasteiger partial charge is 0.236 e. The lowest BCUT2D eigenvalue weighted by Gasteiger charge is -2.30. The minimum absolute atomic E-state index is 0.0573. The number of amides is 1. The van der Waals surface area contributed by atoms with Gasteiger partial charge in [-0.15, -0.1) is 0 Å². The van der Waals surface area contributed by atoms with E-state index in [-0.39, 0.29) is 11.9 Å². The first-order chi connectivity index (χ1) is 8.60. The number of nitrogens with two attached hydrogens (primary N) is 1. The molecule has 0 aromatic carbocycles. The zero-order valence-electron chi connectivity index (χ0n) is 11.3. The van der Waals surface area contributed by atoms with Crippen molar-refractivity contribution in [1.29, 1.82) is 0 Å². The van der Waals surface area contributed by atoms with Crippen LogP contribution in [0.1, 0.15) is 18.5 Å². The summed E-state index contributed by atoms with van der Waals surface area (Å²) in [5.41, 5.74) is 6.94. The van der Waals surface area contributed by atoms with Gasteiger partial charge in [0.05, 0.1) is 6.54 Å². The maximum absolute atomic E-state index is 11.8. The van der Waals surface area contributed by atoms with Crippen LogP contribution in [0.5, 0.6) is 0 Å². The van der Waals surface area contributed by atoms with Crippen LogP contribution in [0.2, 0.25) is 0 Å². The lowest BCUT2D eigenvalue weighted by Crippen LogP contribution is -2.41. The highest BCUT2D eigenvalue weighted by Crippen LogP contribution is 2.18. The summed E-state index contributed by atoms with van der Waals surface area (Å²) in [4.78, 5) is 19.5. The Labute approximate surface area is 109 Å². The average molecular weight is 250 g/mol. The van der Waals surface area contributed by atoms with E-state index >= 15 is 0 Å². The molecule has 0 fully saturated rings. The normalized spacial score (nSPS) is 12.5. The number of carbonyl (C=O) groups excluding carboxylic acids is 1. The van der Waals surface area contributed by atoms with Crippen LogP contribution in [0.25, 0.3) is 0 Å². The van der Waals surface area contributed by atoms with Crippen LogP contribution in [-0.4, -0.2) is 54.4 Å². The summed E-state index contributed by atoms with van der Waals surface area (Å²) in [5.74, 6) is 0.0874. The summed E-state index contributed by atoms with van der Waals surface area (Å²) < 4.78 is 0. The molecule has 0 aliphatic heterocycles. The lowest BCUT2D eigenvalue weighted by molar-refractivity contribution is -0.130. The summed E-state index contributed by atoms with van der Waals surface area (Å²) in [6.45, 7) is 3.68. The molecule has 1 unspecified atom stereocenters. The lowest BCUT2D eigenvalue weighted by atomic mass is 10.1. The van der Waals surface area contributed by atoms with Crippen LogP contribution in [0.15, 0.2) is 24.5 Å². The summed E-state index contributed by atoms with van der Waals surface area (Å²) >= 11 is 0. The van der Waals surface area contributed by atoms with Gasteiger partial charge in [-0.3, -0.25) is 14.7 Å². The fourth-order valence-corrected chi connectivity index (χ4v) is 1.84. The predicted molar refractivity (Wildman–Crippen MR) is 72.0 cm³/mol. The van der Waals surface area contributed by atoms with Crippen molar-refractivity contribution >= 4 is 5.91 Å². The number of rotatable bonds is 6. The molecular formula is C13H22N4O. The fraction of sp³-hybridized carbons (Fsp3) is 0.538. The zero-order valence-corrected chi connectivity index (χ0v) is 11.3. The van der Waals surface area contributed by atoms with E-state index in [1.165, 1.54) is 0 Å². The van der Waals surface area contributed by atoms with Gasteiger partial charge in [0.25, 0.3) is 0 Å². The molecule has 0 aliphatic carbocycles. The van der Waals surface area contributed by atoms with Crippen molar-refractivity contribution in [3.05, 3.63) is 30.1 Å². The topological polar surface area (TPSA) is 62.5 Å². The molecule has 100 valence electrons. The third kappa shape index (κ3) is 3.78. The number of pyridine rings is 1. The van der Waals surface area contributed by atoms with Crippen LogP contribution in [0.3, 0.4) is 0 Å². The molecule has 5 heteroatoms. The Kier molecular flexibility index (Phi) is 5.74. The van der Waals surface area contributed by atoms with Gasteiger partial charge in [0, 0.05) is 39.1 Å². The van der Waals surface area contributed by atoms with Crippen LogP contribution < -0.4 is 5.73 Å². The second kappa shape index (κ2) is 7.08. The Morgan fingerprint density at radius 2 is 2.00 bits per heavy atom. The van der Waals surface area contributed by atoms with E-state index in [4.69, 9.17) is 5.73 Å². The van der Waals surface area contributed by atoms with Gasteiger partial charge in [0.1, 0.15) is 0 Å². The molecular weight excluding hydrogens is 228 g/mol. The molecule has 0 radical (unpaired) electrons. The average Bonchev–Trinajstić information content (AvgIpc) is 2.39. The maximum Gasteiger partial charge on any atom is 0.236 e. The number of nitrogens with zero attached hydrogens (tertiary/aromatic N) is 3. The zero-order chi connectivity index (χ0) is 13.5. The first kappa shape index (κ1) is 14.6. The van der Waals surface area contributed by atoms with E-state index in [2.05, 4.69) is 9.88 Å². The number of likely N-dealkylation sites (N-methyl/N-ethyl adjacent to an activating group) is 2. The maximum atomic E-state index is 11.8. The Morgan fingerprint density at radius 3 is 2.44 bits per heavy atom. The molecule has 1 heterocycles. The molecule has 2 N–H and O–H groups in total. The van der Waals surface area contributed by atoms with Gasteiger partial charge in [0.15, 0.2) is 0 Å². The Balaban J connectivity index is 2.81. The minimum Gasteiger partial charge on any atom is -0.348 e. The van der Waals surface area contributed by atoms with Crippen LogP contribution in [0, 0.1) is 0 Å². The van der Waals surface area contributed by atoms with Gasteiger partial charge in [-0.25, -0.2) is 0 Å². The summed E-state index contributed by atoms with van der Waals surface area (Å²) in [6.07, 6.45) is 3.50. The molecule has 1 amide bonds. The molecule has 0 saturated carbocycles. The summed E-state index contributed by atoms with van der Waals surface area (Å²) in [5, 5.41) is 0. The van der Waals surface area contributed by atoms with Crippen LogP contribution in [0.4, 0.5) is 0 Å². The molecule has 0 aliphatic rings. The van der Waals surface area contributed by atoms with Crippen molar-refractivity contribution in [2.75, 3.05) is 33.7 Å². The van der Waals surface area contributed by atoms with E-state index in [1.54, 1.807) is 31.4 Å². The number of hydrogen-bond acceptors (Lipinski definition) is 4. The van der Waals surface area contributed by atoms with Gasteiger partial charge in [-0.05, 0) is 24.2 Å². The Bertz CT molecular complexity index is 367. The molecule has 5 nitrogen and oxygen atoms in total. The molecule has 1 atom stereocenters. The highest BCUT2D eigenvalue weighted by Gasteiger charge is 2.20. The Morgan fingerprint density at radius 1 is 1.39 bits per heavy atom. The molecule has 0 spiro atoms. The summed E-state index contributed by atoms with van der Waals surface area (Å²) in [6, 6.07) is 3.95. The van der Waals surface area contributed by atoms with E-state index < -0.39 is 0 Å². The highest BCUT2D eigenvalue weighted by molar-refractivity contribution is 5.77. The quantitative estimate of drug-likeness (QED) is 0.798. The van der Waals surface area contributed by atoms with Gasteiger partial charge in [-0.1, -0.05) is 6.92 Å². The molecule has 1 aromatic rings. The SMILES string of the molecule is CCN(CC(=O)N(C)C)C(CN)c1ccncc1. The molecule has 1 aromatic heterocycles. The van der Waals surface area contributed by atoms with Gasteiger partial charge in [-0.2, -0.15) is 0 Å². The van der Waals surface area contributed by atoms with Gasteiger partial charge in [0.2, 0.25) is 5.91 Å². The van der Waals surface area contributed by atoms with Gasteiger partial charge < -0.3 is 10.6 Å². The van der Waals surface area contributed by atoms with E-state index in [0.29, 0.717) is 13.1 Å². The molecule has 18 heavy (non-hydrogen) atoms. The first-order valence-corrected chi connectivity index (χ1v) is 6.14. The van der Waals surface area contributed by atoms with Crippen molar-refractivity contribution in [3.63, 3.8) is 0 Å². The number of hydrogen-bond donors (Lipinski definition) is 1. The number of carbonyl (C=O) groups is 1. The van der Waals surface area contributed by atoms with Crippen LogP contribution in [-0.2, 0) is 4.79 Å². The molecule has 0 bridgehead atoms. The predicted octanol–water partition coefficient (Wildman–Crippen LogP) is 0.492. The van der Waals surface area contributed by atoms with E-state index in [9.17, 15) is 4.79 Å². The van der Waals surface area contributed by atoms with E-state index in [0.717, 1.165) is 12.1 Å². The second-order valence-electron chi connectivity index (χ2n) is 4.38. The first-order valence-electron chi connectivity index (χ1n) is 6.14. The third-order valence-electron chi connectivity index (χ3n) is 3.00.